The fourth-order valence-electron chi connectivity index (χ4n) is 2.81. The number of carbonyl (C=O) groups excluding carboxylic acids is 2. The molecular formula is C24H23ClN2O5S. The van der Waals surface area contributed by atoms with Crippen LogP contribution in [0.1, 0.15) is 15.2 Å². The molecule has 0 fully saturated rings. The fourth-order valence-corrected chi connectivity index (χ4v) is 3.59. The van der Waals surface area contributed by atoms with Gasteiger partial charge in [0.2, 0.25) is 0 Å². The van der Waals surface area contributed by atoms with Gasteiger partial charge < -0.3 is 24.8 Å². The standard InChI is InChI=1S/C24H23ClN2O5S/c1-30-21-10-5-16(14-22(21)31-2)23(28)27-20(15-19-4-3-13-33-19)24(29)26-11-12-32-18-8-6-17(25)7-9-18/h3-10,13-15H,11-12H2,1-2H3,(H,26,29)(H,27,28)/b20-15-. The van der Waals surface area contributed by atoms with E-state index in [1.54, 1.807) is 48.5 Å². The second-order valence-electron chi connectivity index (χ2n) is 6.66. The predicted octanol–water partition coefficient (Wildman–Crippen LogP) is 4.38. The Labute approximate surface area is 200 Å². The lowest BCUT2D eigenvalue weighted by molar-refractivity contribution is -0.117. The van der Waals surface area contributed by atoms with E-state index >= 15 is 0 Å². The molecular weight excluding hydrogens is 464 g/mol. The fraction of sp³-hybridized carbons (Fsp3) is 0.167. The first-order valence-electron chi connectivity index (χ1n) is 9.95. The number of nitrogens with one attached hydrogen (secondary N) is 2. The third kappa shape index (κ3) is 7.00. The molecule has 2 N–H and O–H groups in total. The number of hydrogen-bond acceptors (Lipinski definition) is 6. The number of rotatable bonds is 10. The van der Waals surface area contributed by atoms with Gasteiger partial charge in [-0.2, -0.15) is 0 Å². The van der Waals surface area contributed by atoms with Gasteiger partial charge in [-0.1, -0.05) is 17.7 Å². The van der Waals surface area contributed by atoms with E-state index in [1.807, 2.05) is 17.5 Å². The number of halogens is 1. The summed E-state index contributed by atoms with van der Waals surface area (Å²) in [6.07, 6.45) is 1.62. The maximum Gasteiger partial charge on any atom is 0.267 e. The molecule has 1 aromatic heterocycles. The number of hydrogen-bond donors (Lipinski definition) is 2. The summed E-state index contributed by atoms with van der Waals surface area (Å²) >= 11 is 7.31. The Hall–Kier alpha value is -3.49. The van der Waals surface area contributed by atoms with Crippen molar-refractivity contribution in [1.82, 2.24) is 10.6 Å². The average molecular weight is 487 g/mol. The third-order valence-corrected chi connectivity index (χ3v) is 5.51. The average Bonchev–Trinajstić information content (AvgIpc) is 3.35. The lowest BCUT2D eigenvalue weighted by atomic mass is 10.1. The van der Waals surface area contributed by atoms with Gasteiger partial charge in [0.1, 0.15) is 18.1 Å². The van der Waals surface area contributed by atoms with Gasteiger partial charge in [-0.15, -0.1) is 11.3 Å². The van der Waals surface area contributed by atoms with Crippen molar-refractivity contribution in [2.45, 2.75) is 0 Å². The number of amides is 2. The van der Waals surface area contributed by atoms with E-state index in [-0.39, 0.29) is 18.8 Å². The monoisotopic (exact) mass is 486 g/mol. The van der Waals surface area contributed by atoms with Gasteiger partial charge in [-0.3, -0.25) is 9.59 Å². The van der Waals surface area contributed by atoms with Gasteiger partial charge in [0.25, 0.3) is 11.8 Å². The van der Waals surface area contributed by atoms with Gasteiger partial charge >= 0.3 is 0 Å². The van der Waals surface area contributed by atoms with Crippen LogP contribution in [-0.4, -0.2) is 39.2 Å². The smallest absolute Gasteiger partial charge is 0.267 e. The summed E-state index contributed by atoms with van der Waals surface area (Å²) in [4.78, 5) is 26.5. The Morgan fingerprint density at radius 1 is 1.03 bits per heavy atom. The van der Waals surface area contributed by atoms with Gasteiger partial charge in [-0.05, 0) is 60.0 Å². The number of thiophene rings is 1. The molecule has 172 valence electrons. The highest BCUT2D eigenvalue weighted by atomic mass is 35.5. The van der Waals surface area contributed by atoms with Gasteiger partial charge in [-0.25, -0.2) is 0 Å². The zero-order chi connectivity index (χ0) is 23.6. The van der Waals surface area contributed by atoms with E-state index in [2.05, 4.69) is 10.6 Å². The Morgan fingerprint density at radius 3 is 2.45 bits per heavy atom. The second kappa shape index (κ2) is 11.9. The minimum atomic E-state index is -0.452. The summed E-state index contributed by atoms with van der Waals surface area (Å²) < 4.78 is 16.0. The molecule has 2 amide bonds. The van der Waals surface area contributed by atoms with E-state index < -0.39 is 11.8 Å². The highest BCUT2D eigenvalue weighted by molar-refractivity contribution is 7.10. The van der Waals surface area contributed by atoms with Crippen molar-refractivity contribution in [1.29, 1.82) is 0 Å². The summed E-state index contributed by atoms with van der Waals surface area (Å²) in [6.45, 7) is 0.499. The molecule has 0 aliphatic carbocycles. The van der Waals surface area contributed by atoms with Crippen molar-refractivity contribution >= 4 is 40.8 Å². The van der Waals surface area contributed by atoms with Crippen molar-refractivity contribution in [3.63, 3.8) is 0 Å². The minimum absolute atomic E-state index is 0.115. The molecule has 0 saturated heterocycles. The second-order valence-corrected chi connectivity index (χ2v) is 8.07. The zero-order valence-electron chi connectivity index (χ0n) is 18.1. The Bertz CT molecular complexity index is 1110. The molecule has 0 aliphatic heterocycles. The van der Waals surface area contributed by atoms with Crippen LogP contribution in [0.2, 0.25) is 5.02 Å². The Kier molecular flexibility index (Phi) is 8.74. The maximum absolute atomic E-state index is 12.8. The molecule has 33 heavy (non-hydrogen) atoms. The van der Waals surface area contributed by atoms with Crippen LogP contribution in [0.5, 0.6) is 17.2 Å². The van der Waals surface area contributed by atoms with Crippen LogP contribution in [-0.2, 0) is 4.79 Å². The van der Waals surface area contributed by atoms with E-state index in [0.29, 0.717) is 27.8 Å². The lowest BCUT2D eigenvalue weighted by Gasteiger charge is -2.13. The molecule has 3 aromatic rings. The highest BCUT2D eigenvalue weighted by Gasteiger charge is 2.16. The Morgan fingerprint density at radius 2 is 1.79 bits per heavy atom. The van der Waals surface area contributed by atoms with Crippen LogP contribution in [0.25, 0.3) is 6.08 Å². The van der Waals surface area contributed by atoms with E-state index in [4.69, 9.17) is 25.8 Å². The van der Waals surface area contributed by atoms with Crippen LogP contribution in [0.15, 0.2) is 65.7 Å². The van der Waals surface area contributed by atoms with Crippen molar-refractivity contribution < 1.29 is 23.8 Å². The minimum Gasteiger partial charge on any atom is -0.493 e. The van der Waals surface area contributed by atoms with Crippen LogP contribution in [0.4, 0.5) is 0 Å². The quantitative estimate of drug-likeness (QED) is 0.328. The molecule has 0 unspecified atom stereocenters. The third-order valence-electron chi connectivity index (χ3n) is 4.44. The number of carbonyl (C=O) groups is 2. The lowest BCUT2D eigenvalue weighted by Crippen LogP contribution is -2.36. The van der Waals surface area contributed by atoms with Gasteiger partial charge in [0.05, 0.1) is 20.8 Å². The van der Waals surface area contributed by atoms with E-state index in [9.17, 15) is 9.59 Å². The van der Waals surface area contributed by atoms with Crippen LogP contribution in [0, 0.1) is 0 Å². The Balaban J connectivity index is 1.66. The van der Waals surface area contributed by atoms with Crippen LogP contribution >= 0.6 is 22.9 Å². The van der Waals surface area contributed by atoms with Crippen molar-refractivity contribution in [2.24, 2.45) is 0 Å². The first-order valence-corrected chi connectivity index (χ1v) is 11.2. The molecule has 0 atom stereocenters. The summed E-state index contributed by atoms with van der Waals surface area (Å²) in [5.74, 6) is 0.674. The van der Waals surface area contributed by atoms with Crippen LogP contribution < -0.4 is 24.8 Å². The molecule has 3 rings (SSSR count). The molecule has 0 bridgehead atoms. The van der Waals surface area contributed by atoms with E-state index in [1.165, 1.54) is 25.6 Å². The highest BCUT2D eigenvalue weighted by Crippen LogP contribution is 2.27. The molecule has 0 aliphatic rings. The zero-order valence-corrected chi connectivity index (χ0v) is 19.7. The van der Waals surface area contributed by atoms with Crippen molar-refractivity contribution in [3.05, 3.63) is 81.1 Å². The molecule has 7 nitrogen and oxygen atoms in total. The largest absolute Gasteiger partial charge is 0.493 e. The molecule has 1 heterocycles. The molecule has 0 saturated carbocycles. The number of benzene rings is 2. The van der Waals surface area contributed by atoms with Crippen molar-refractivity contribution in [2.75, 3.05) is 27.4 Å². The van der Waals surface area contributed by atoms with E-state index in [0.717, 1.165) is 4.88 Å². The normalized spacial score (nSPS) is 10.9. The van der Waals surface area contributed by atoms with Crippen molar-refractivity contribution in [3.8, 4) is 17.2 Å². The summed E-state index contributed by atoms with van der Waals surface area (Å²) in [6, 6.07) is 15.4. The van der Waals surface area contributed by atoms with Gasteiger partial charge in [0.15, 0.2) is 11.5 Å². The number of ether oxygens (including phenoxy) is 3. The molecule has 2 aromatic carbocycles. The van der Waals surface area contributed by atoms with Crippen LogP contribution in [0.3, 0.4) is 0 Å². The summed E-state index contributed by atoms with van der Waals surface area (Å²) in [7, 11) is 3.00. The first-order chi connectivity index (χ1) is 16.0. The topological polar surface area (TPSA) is 85.9 Å². The summed E-state index contributed by atoms with van der Waals surface area (Å²) in [5.41, 5.74) is 0.437. The first kappa shape index (κ1) is 24.2. The summed E-state index contributed by atoms with van der Waals surface area (Å²) in [5, 5.41) is 7.95. The SMILES string of the molecule is COc1ccc(C(=O)N/C(=C\c2cccs2)C(=O)NCCOc2ccc(Cl)cc2)cc1OC. The predicted molar refractivity (Wildman–Crippen MR) is 129 cm³/mol. The molecule has 0 radical (unpaired) electrons. The molecule has 0 spiro atoms. The van der Waals surface area contributed by atoms with Gasteiger partial charge in [0, 0.05) is 15.5 Å². The molecule has 9 heteroatoms. The maximum atomic E-state index is 12.8. The number of methoxy groups -OCH3 is 2.